The molecule has 2 aromatic carbocycles. The van der Waals surface area contributed by atoms with Gasteiger partial charge in [0.05, 0.1) is 18.4 Å². The Morgan fingerprint density at radius 2 is 1.79 bits per heavy atom. The molecule has 2 aromatic rings. The molecule has 2 N–H and O–H groups in total. The van der Waals surface area contributed by atoms with Crippen LogP contribution >= 0.6 is 0 Å². The summed E-state index contributed by atoms with van der Waals surface area (Å²) >= 11 is 0. The number of amides is 1. The molecule has 0 aliphatic carbocycles. The first-order valence-electron chi connectivity index (χ1n) is 9.07. The topological polar surface area (TPSA) is 75.3 Å². The van der Waals surface area contributed by atoms with Crippen molar-refractivity contribution in [3.05, 3.63) is 65.0 Å². The molecule has 0 heterocycles. The third kappa shape index (κ3) is 6.64. The van der Waals surface area contributed by atoms with E-state index >= 15 is 0 Å². The van der Waals surface area contributed by atoms with E-state index in [0.29, 0.717) is 24.9 Å². The van der Waals surface area contributed by atoms with E-state index in [-0.39, 0.29) is 17.0 Å². The fourth-order valence-corrected chi connectivity index (χ4v) is 3.55. The Bertz CT molecular complexity index is 950. The molecule has 28 heavy (non-hydrogen) atoms. The Morgan fingerprint density at radius 1 is 1.11 bits per heavy atom. The van der Waals surface area contributed by atoms with Gasteiger partial charge in [0.2, 0.25) is 15.9 Å². The van der Waals surface area contributed by atoms with Gasteiger partial charge < -0.3 is 5.32 Å². The zero-order valence-corrected chi connectivity index (χ0v) is 17.5. The van der Waals surface area contributed by atoms with Gasteiger partial charge in [-0.15, -0.1) is 0 Å². The second kappa shape index (κ2) is 8.73. The van der Waals surface area contributed by atoms with Crippen molar-refractivity contribution in [2.24, 2.45) is 0 Å². The standard InChI is InChI=1S/C21H27FN2O3S/c1-21(2,3)17-8-6-5-7-16(17)14-20(25)23-12-11-15-9-10-19(18(22)13-15)24-28(4,26)27/h5-10,13,24H,11-12,14H2,1-4H3,(H,23,25). The van der Waals surface area contributed by atoms with Crippen molar-refractivity contribution >= 4 is 21.6 Å². The second-order valence-corrected chi connectivity index (χ2v) is 9.62. The van der Waals surface area contributed by atoms with Crippen molar-refractivity contribution in [3.8, 4) is 0 Å². The summed E-state index contributed by atoms with van der Waals surface area (Å²) in [4.78, 5) is 12.3. The summed E-state index contributed by atoms with van der Waals surface area (Å²) in [5.41, 5.74) is 2.67. The molecule has 0 radical (unpaired) electrons. The minimum absolute atomic E-state index is 0.0455. The summed E-state index contributed by atoms with van der Waals surface area (Å²) in [7, 11) is -3.53. The van der Waals surface area contributed by atoms with E-state index in [4.69, 9.17) is 0 Å². The maximum atomic E-state index is 14.0. The van der Waals surface area contributed by atoms with E-state index < -0.39 is 15.8 Å². The molecule has 0 unspecified atom stereocenters. The number of carbonyl (C=O) groups excluding carboxylic acids is 1. The van der Waals surface area contributed by atoms with Crippen molar-refractivity contribution < 1.29 is 17.6 Å². The number of carbonyl (C=O) groups is 1. The van der Waals surface area contributed by atoms with Crippen LogP contribution in [-0.4, -0.2) is 27.1 Å². The molecule has 5 nitrogen and oxygen atoms in total. The van der Waals surface area contributed by atoms with Gasteiger partial charge in [-0.25, -0.2) is 12.8 Å². The normalized spacial score (nSPS) is 11.9. The molecule has 0 fully saturated rings. The molecule has 1 amide bonds. The van der Waals surface area contributed by atoms with Gasteiger partial charge in [0.15, 0.2) is 0 Å². The van der Waals surface area contributed by atoms with Crippen molar-refractivity contribution in [1.82, 2.24) is 5.32 Å². The summed E-state index contributed by atoms with van der Waals surface area (Å²) < 4.78 is 38.5. The van der Waals surface area contributed by atoms with E-state index in [9.17, 15) is 17.6 Å². The lowest BCUT2D eigenvalue weighted by Gasteiger charge is -2.22. The lowest BCUT2D eigenvalue weighted by Crippen LogP contribution is -2.28. The summed E-state index contributed by atoms with van der Waals surface area (Å²) in [5.74, 6) is -0.735. The lowest BCUT2D eigenvalue weighted by molar-refractivity contribution is -0.120. The average molecular weight is 407 g/mol. The minimum Gasteiger partial charge on any atom is -0.355 e. The highest BCUT2D eigenvalue weighted by atomic mass is 32.2. The predicted molar refractivity (Wildman–Crippen MR) is 110 cm³/mol. The highest BCUT2D eigenvalue weighted by molar-refractivity contribution is 7.92. The van der Waals surface area contributed by atoms with Crippen LogP contribution in [-0.2, 0) is 33.1 Å². The number of benzene rings is 2. The fraction of sp³-hybridized carbons (Fsp3) is 0.381. The Kier molecular flexibility index (Phi) is 6.82. The summed E-state index contributed by atoms with van der Waals surface area (Å²) in [6.45, 7) is 6.70. The number of sulfonamides is 1. The first kappa shape index (κ1) is 21.9. The molecule has 0 spiro atoms. The van der Waals surface area contributed by atoms with Gasteiger partial charge in [-0.2, -0.15) is 0 Å². The Hall–Kier alpha value is -2.41. The number of hydrogen-bond donors (Lipinski definition) is 2. The third-order valence-corrected chi connectivity index (χ3v) is 4.83. The Morgan fingerprint density at radius 3 is 2.39 bits per heavy atom. The van der Waals surface area contributed by atoms with Crippen LogP contribution in [0.2, 0.25) is 0 Å². The molecule has 0 bridgehead atoms. The molecular formula is C21H27FN2O3S. The van der Waals surface area contributed by atoms with Crippen molar-refractivity contribution in [2.75, 3.05) is 17.5 Å². The van der Waals surface area contributed by atoms with Gasteiger partial charge in [-0.1, -0.05) is 51.1 Å². The molecule has 0 aliphatic heterocycles. The van der Waals surface area contributed by atoms with E-state index in [2.05, 4.69) is 30.8 Å². The number of anilines is 1. The van der Waals surface area contributed by atoms with E-state index in [1.54, 1.807) is 6.07 Å². The molecule has 0 aromatic heterocycles. The van der Waals surface area contributed by atoms with Gasteiger partial charge >= 0.3 is 0 Å². The first-order valence-corrected chi connectivity index (χ1v) is 11.0. The maximum Gasteiger partial charge on any atom is 0.229 e. The van der Waals surface area contributed by atoms with E-state index in [1.807, 2.05) is 24.3 Å². The van der Waals surface area contributed by atoms with Crippen LogP contribution in [0.4, 0.5) is 10.1 Å². The van der Waals surface area contributed by atoms with Crippen LogP contribution in [0.3, 0.4) is 0 Å². The molecule has 152 valence electrons. The SMILES string of the molecule is CC(C)(C)c1ccccc1CC(=O)NCCc1ccc(NS(C)(=O)=O)c(F)c1. The van der Waals surface area contributed by atoms with E-state index in [0.717, 1.165) is 17.4 Å². The molecular weight excluding hydrogens is 379 g/mol. The largest absolute Gasteiger partial charge is 0.355 e. The Balaban J connectivity index is 1.92. The second-order valence-electron chi connectivity index (χ2n) is 7.87. The van der Waals surface area contributed by atoms with Crippen LogP contribution in [0, 0.1) is 5.82 Å². The molecule has 0 saturated heterocycles. The van der Waals surface area contributed by atoms with Crippen LogP contribution in [0.25, 0.3) is 0 Å². The van der Waals surface area contributed by atoms with Crippen molar-refractivity contribution in [3.63, 3.8) is 0 Å². The maximum absolute atomic E-state index is 14.0. The number of halogens is 1. The van der Waals surface area contributed by atoms with Gasteiger partial charge in [0, 0.05) is 6.54 Å². The number of hydrogen-bond acceptors (Lipinski definition) is 3. The van der Waals surface area contributed by atoms with Gasteiger partial charge in [0.1, 0.15) is 5.82 Å². The van der Waals surface area contributed by atoms with Gasteiger partial charge in [-0.3, -0.25) is 9.52 Å². The quantitative estimate of drug-likeness (QED) is 0.740. The smallest absolute Gasteiger partial charge is 0.229 e. The highest BCUT2D eigenvalue weighted by Crippen LogP contribution is 2.26. The van der Waals surface area contributed by atoms with E-state index in [1.165, 1.54) is 12.1 Å². The number of rotatable bonds is 7. The molecule has 7 heteroatoms. The zero-order chi connectivity index (χ0) is 20.9. The summed E-state index contributed by atoms with van der Waals surface area (Å²) in [6, 6.07) is 12.2. The summed E-state index contributed by atoms with van der Waals surface area (Å²) in [6.07, 6.45) is 1.70. The minimum atomic E-state index is -3.53. The molecule has 0 aliphatic rings. The predicted octanol–water partition coefficient (Wildman–Crippen LogP) is 3.40. The van der Waals surface area contributed by atoms with Gasteiger partial charge in [-0.05, 0) is 40.7 Å². The average Bonchev–Trinajstić information content (AvgIpc) is 2.56. The van der Waals surface area contributed by atoms with Crippen molar-refractivity contribution in [2.45, 2.75) is 39.0 Å². The van der Waals surface area contributed by atoms with Crippen LogP contribution in [0.1, 0.15) is 37.5 Å². The molecule has 0 saturated carbocycles. The lowest BCUT2D eigenvalue weighted by atomic mass is 9.83. The van der Waals surface area contributed by atoms with Crippen LogP contribution in [0.5, 0.6) is 0 Å². The molecule has 2 rings (SSSR count). The highest BCUT2D eigenvalue weighted by Gasteiger charge is 2.18. The van der Waals surface area contributed by atoms with Crippen LogP contribution in [0.15, 0.2) is 42.5 Å². The number of nitrogens with one attached hydrogen (secondary N) is 2. The van der Waals surface area contributed by atoms with Gasteiger partial charge in [0.25, 0.3) is 0 Å². The monoisotopic (exact) mass is 406 g/mol. The third-order valence-electron chi connectivity index (χ3n) is 4.24. The zero-order valence-electron chi connectivity index (χ0n) is 16.7. The first-order chi connectivity index (χ1) is 13.0. The Labute approximate surface area is 166 Å². The van der Waals surface area contributed by atoms with Crippen LogP contribution < -0.4 is 10.0 Å². The summed E-state index contributed by atoms with van der Waals surface area (Å²) in [5, 5.41) is 2.86. The molecule has 0 atom stereocenters. The van der Waals surface area contributed by atoms with Crippen molar-refractivity contribution in [1.29, 1.82) is 0 Å². The fourth-order valence-electron chi connectivity index (χ4n) is 2.98.